The molecule has 0 aliphatic carbocycles. The van der Waals surface area contributed by atoms with Gasteiger partial charge in [0.25, 0.3) is 5.91 Å². The van der Waals surface area contributed by atoms with E-state index in [2.05, 4.69) is 6.58 Å². The maximum Gasteiger partial charge on any atom is 0.335 e. The molecule has 1 aliphatic rings. The molecular formula is C31H30N2O5S. The number of carboxylic acids is 1. The second kappa shape index (κ2) is 13.0. The lowest BCUT2D eigenvalue weighted by Crippen LogP contribution is -2.28. The summed E-state index contributed by atoms with van der Waals surface area (Å²) in [6.07, 6.45) is 4.24. The Bertz CT molecular complexity index is 1410. The largest absolute Gasteiger partial charge is 0.490 e. The first-order chi connectivity index (χ1) is 18.9. The molecule has 0 saturated carbocycles. The number of thioether (sulfide) groups is 1. The van der Waals surface area contributed by atoms with Crippen molar-refractivity contribution < 1.29 is 24.2 Å². The van der Waals surface area contributed by atoms with Crippen LogP contribution in [0.1, 0.15) is 40.9 Å². The average Bonchev–Trinajstić information content (AvgIpc) is 3.20. The lowest BCUT2D eigenvalue weighted by atomic mass is 10.0. The van der Waals surface area contributed by atoms with Crippen LogP contribution < -0.4 is 9.47 Å². The van der Waals surface area contributed by atoms with Crippen molar-refractivity contribution in [1.82, 2.24) is 4.90 Å². The smallest absolute Gasteiger partial charge is 0.335 e. The Balaban J connectivity index is 1.73. The van der Waals surface area contributed by atoms with Crippen molar-refractivity contribution in [2.24, 2.45) is 4.99 Å². The van der Waals surface area contributed by atoms with Gasteiger partial charge in [0.1, 0.15) is 0 Å². The summed E-state index contributed by atoms with van der Waals surface area (Å²) in [5.74, 6) is 0.122. The molecule has 39 heavy (non-hydrogen) atoms. The second-order valence-electron chi connectivity index (χ2n) is 8.60. The highest BCUT2D eigenvalue weighted by Gasteiger charge is 2.33. The van der Waals surface area contributed by atoms with Gasteiger partial charge in [-0.05, 0) is 85.6 Å². The molecule has 1 N–H and O–H groups in total. The van der Waals surface area contributed by atoms with E-state index in [-0.39, 0.29) is 18.0 Å². The number of nitrogens with zero attached hydrogens (tertiary/aromatic N) is 2. The highest BCUT2D eigenvalue weighted by molar-refractivity contribution is 8.18. The molecule has 1 fully saturated rings. The van der Waals surface area contributed by atoms with Crippen LogP contribution in [-0.4, -0.2) is 40.3 Å². The summed E-state index contributed by atoms with van der Waals surface area (Å²) in [6, 6.07) is 19.8. The Labute approximate surface area is 232 Å². The Hall–Kier alpha value is -4.30. The first-order valence-electron chi connectivity index (χ1n) is 12.6. The molecule has 1 saturated heterocycles. The highest BCUT2D eigenvalue weighted by Crippen LogP contribution is 2.38. The van der Waals surface area contributed by atoms with Gasteiger partial charge in [0.05, 0.1) is 35.9 Å². The standard InChI is InChI=1S/C31H30N2O5S/c1-4-10-24-17-22(18-26(37-5-2)28(24)38-6-3)19-27-29(34)33(20-21-13-15-23(16-14-21)30(35)36)31(39-27)32-25-11-8-7-9-12-25/h4,7-9,11-19H,1,5-6,10,20H2,2-3H3,(H,35,36)/b27-19-,32-31?. The van der Waals surface area contributed by atoms with Gasteiger partial charge in [-0.2, -0.15) is 0 Å². The van der Waals surface area contributed by atoms with Gasteiger partial charge in [0.2, 0.25) is 0 Å². The zero-order chi connectivity index (χ0) is 27.8. The third kappa shape index (κ3) is 6.78. The molecule has 0 aromatic heterocycles. The molecule has 1 heterocycles. The Kier molecular flexibility index (Phi) is 9.22. The average molecular weight is 543 g/mol. The minimum Gasteiger partial charge on any atom is -0.490 e. The number of carbonyl (C=O) groups is 2. The van der Waals surface area contributed by atoms with Gasteiger partial charge >= 0.3 is 5.97 Å². The number of carboxylic acid groups (broad SMARTS) is 1. The van der Waals surface area contributed by atoms with E-state index in [1.54, 1.807) is 17.0 Å². The number of carbonyl (C=O) groups excluding carboxylic acids is 1. The normalized spacial score (nSPS) is 15.1. The van der Waals surface area contributed by atoms with Crippen LogP contribution in [0, 0.1) is 0 Å². The van der Waals surface area contributed by atoms with Gasteiger partial charge in [-0.15, -0.1) is 6.58 Å². The third-order valence-electron chi connectivity index (χ3n) is 5.82. The van der Waals surface area contributed by atoms with E-state index in [1.165, 1.54) is 23.9 Å². The quantitative estimate of drug-likeness (QED) is 0.214. The molecule has 4 rings (SSSR count). The summed E-state index contributed by atoms with van der Waals surface area (Å²) in [4.78, 5) is 31.8. The van der Waals surface area contributed by atoms with Crippen LogP contribution >= 0.6 is 11.8 Å². The molecule has 8 heteroatoms. The summed E-state index contributed by atoms with van der Waals surface area (Å²) in [6.45, 7) is 8.94. The molecule has 0 atom stereocenters. The number of para-hydroxylation sites is 1. The monoisotopic (exact) mass is 542 g/mol. The van der Waals surface area contributed by atoms with E-state index in [4.69, 9.17) is 14.5 Å². The number of allylic oxidation sites excluding steroid dienone is 1. The number of rotatable bonds is 11. The first kappa shape index (κ1) is 27.7. The predicted octanol–water partition coefficient (Wildman–Crippen LogP) is 6.71. The Morgan fingerprint density at radius 3 is 2.41 bits per heavy atom. The number of aliphatic imine (C=N–C) groups is 1. The summed E-state index contributed by atoms with van der Waals surface area (Å²) in [5.41, 5.74) is 3.45. The molecule has 0 unspecified atom stereocenters. The van der Waals surface area contributed by atoms with E-state index in [9.17, 15) is 14.7 Å². The first-order valence-corrected chi connectivity index (χ1v) is 13.5. The number of ether oxygens (including phenoxy) is 2. The van der Waals surface area contributed by atoms with Gasteiger partial charge in [0, 0.05) is 5.56 Å². The van der Waals surface area contributed by atoms with Crippen molar-refractivity contribution in [3.63, 3.8) is 0 Å². The minimum atomic E-state index is -0.997. The summed E-state index contributed by atoms with van der Waals surface area (Å²) in [7, 11) is 0. The van der Waals surface area contributed by atoms with E-state index in [0.29, 0.717) is 41.2 Å². The van der Waals surface area contributed by atoms with Crippen molar-refractivity contribution in [2.45, 2.75) is 26.8 Å². The topological polar surface area (TPSA) is 88.4 Å². The Morgan fingerprint density at radius 2 is 1.77 bits per heavy atom. The van der Waals surface area contributed by atoms with Crippen molar-refractivity contribution >= 4 is 40.6 Å². The molecule has 0 radical (unpaired) electrons. The van der Waals surface area contributed by atoms with Crippen LogP contribution in [-0.2, 0) is 17.8 Å². The number of amidine groups is 1. The molecule has 1 amide bonds. The molecular weight excluding hydrogens is 512 g/mol. The molecule has 7 nitrogen and oxygen atoms in total. The zero-order valence-electron chi connectivity index (χ0n) is 21.9. The van der Waals surface area contributed by atoms with Crippen LogP contribution in [0.5, 0.6) is 11.5 Å². The number of benzene rings is 3. The van der Waals surface area contributed by atoms with E-state index in [0.717, 1.165) is 22.4 Å². The van der Waals surface area contributed by atoms with E-state index >= 15 is 0 Å². The van der Waals surface area contributed by atoms with Gasteiger partial charge < -0.3 is 14.6 Å². The predicted molar refractivity (Wildman–Crippen MR) is 156 cm³/mol. The van der Waals surface area contributed by atoms with Crippen LogP contribution in [0.15, 0.2) is 89.3 Å². The molecule has 1 aliphatic heterocycles. The fraction of sp³-hybridized carbons (Fsp3) is 0.194. The molecule has 0 spiro atoms. The lowest BCUT2D eigenvalue weighted by Gasteiger charge is -2.16. The summed E-state index contributed by atoms with van der Waals surface area (Å²) < 4.78 is 11.8. The molecule has 0 bridgehead atoms. The molecule has 200 valence electrons. The van der Waals surface area contributed by atoms with Crippen LogP contribution in [0.3, 0.4) is 0 Å². The van der Waals surface area contributed by atoms with Crippen LogP contribution in [0.25, 0.3) is 6.08 Å². The maximum absolute atomic E-state index is 13.7. The summed E-state index contributed by atoms with van der Waals surface area (Å²) in [5, 5.41) is 9.76. The van der Waals surface area contributed by atoms with Gasteiger partial charge in [-0.3, -0.25) is 9.69 Å². The van der Waals surface area contributed by atoms with Crippen molar-refractivity contribution in [3.8, 4) is 11.5 Å². The fourth-order valence-electron chi connectivity index (χ4n) is 4.08. The Morgan fingerprint density at radius 1 is 1.05 bits per heavy atom. The lowest BCUT2D eigenvalue weighted by molar-refractivity contribution is -0.122. The molecule has 3 aromatic rings. The summed E-state index contributed by atoms with van der Waals surface area (Å²) >= 11 is 1.30. The van der Waals surface area contributed by atoms with Gasteiger partial charge in [0.15, 0.2) is 16.7 Å². The number of hydrogen-bond acceptors (Lipinski definition) is 6. The number of aromatic carboxylic acids is 1. The van der Waals surface area contributed by atoms with E-state index in [1.807, 2.05) is 68.5 Å². The van der Waals surface area contributed by atoms with Crippen LogP contribution in [0.4, 0.5) is 5.69 Å². The fourth-order valence-corrected chi connectivity index (χ4v) is 5.07. The van der Waals surface area contributed by atoms with E-state index < -0.39 is 5.97 Å². The second-order valence-corrected chi connectivity index (χ2v) is 9.61. The highest BCUT2D eigenvalue weighted by atomic mass is 32.2. The maximum atomic E-state index is 13.7. The molecule has 3 aromatic carbocycles. The number of hydrogen-bond donors (Lipinski definition) is 1. The van der Waals surface area contributed by atoms with Crippen LogP contribution in [0.2, 0.25) is 0 Å². The van der Waals surface area contributed by atoms with Gasteiger partial charge in [-0.1, -0.05) is 36.4 Å². The minimum absolute atomic E-state index is 0.186. The van der Waals surface area contributed by atoms with Crippen molar-refractivity contribution in [2.75, 3.05) is 13.2 Å². The SMILES string of the molecule is C=CCc1cc(/C=C2\SC(=Nc3ccccc3)N(Cc3ccc(C(=O)O)cc3)C2=O)cc(OCC)c1OCC. The third-order valence-corrected chi connectivity index (χ3v) is 6.82. The number of amides is 1. The van der Waals surface area contributed by atoms with Gasteiger partial charge in [-0.25, -0.2) is 9.79 Å². The van der Waals surface area contributed by atoms with Crippen molar-refractivity contribution in [1.29, 1.82) is 0 Å². The van der Waals surface area contributed by atoms with Crippen molar-refractivity contribution in [3.05, 3.63) is 107 Å². The zero-order valence-corrected chi connectivity index (χ0v) is 22.7.